The summed E-state index contributed by atoms with van der Waals surface area (Å²) in [4.78, 5) is 0. The van der Waals surface area contributed by atoms with Crippen molar-refractivity contribution in [2.45, 2.75) is 13.1 Å². The molecule has 84 valence electrons. The van der Waals surface area contributed by atoms with Crippen LogP contribution in [0.3, 0.4) is 0 Å². The van der Waals surface area contributed by atoms with Crippen LogP contribution in [0.2, 0.25) is 5.02 Å². The van der Waals surface area contributed by atoms with Crippen LogP contribution in [0.1, 0.15) is 11.3 Å². The molecule has 0 fully saturated rings. The fourth-order valence-corrected chi connectivity index (χ4v) is 1.61. The molecular formula is C12H11ClFNO. The molecule has 1 heterocycles. The first-order valence-corrected chi connectivity index (χ1v) is 5.31. The molecule has 1 aromatic carbocycles. The van der Waals surface area contributed by atoms with Gasteiger partial charge in [-0.3, -0.25) is 0 Å². The summed E-state index contributed by atoms with van der Waals surface area (Å²) in [6.45, 7) is 0.992. The number of benzene rings is 1. The second-order valence-corrected chi connectivity index (χ2v) is 3.80. The summed E-state index contributed by atoms with van der Waals surface area (Å²) in [5.41, 5.74) is 0.555. The lowest BCUT2D eigenvalue weighted by molar-refractivity contribution is 0.479. The van der Waals surface area contributed by atoms with E-state index in [0.717, 1.165) is 5.76 Å². The van der Waals surface area contributed by atoms with Crippen molar-refractivity contribution in [3.8, 4) is 0 Å². The highest BCUT2D eigenvalue weighted by molar-refractivity contribution is 6.30. The molecular weight excluding hydrogens is 229 g/mol. The van der Waals surface area contributed by atoms with E-state index in [1.165, 1.54) is 6.07 Å². The molecule has 0 amide bonds. The van der Waals surface area contributed by atoms with Gasteiger partial charge in [0.05, 0.1) is 17.8 Å². The highest BCUT2D eigenvalue weighted by Crippen LogP contribution is 2.17. The largest absolute Gasteiger partial charge is 0.468 e. The summed E-state index contributed by atoms with van der Waals surface area (Å²) in [5.74, 6) is 0.457. The molecule has 16 heavy (non-hydrogen) atoms. The summed E-state index contributed by atoms with van der Waals surface area (Å²) in [6.07, 6.45) is 1.61. The Kier molecular flexibility index (Phi) is 3.59. The molecule has 4 heteroatoms. The second kappa shape index (κ2) is 5.14. The Labute approximate surface area is 98.0 Å². The van der Waals surface area contributed by atoms with Gasteiger partial charge in [-0.2, -0.15) is 0 Å². The predicted molar refractivity (Wildman–Crippen MR) is 60.7 cm³/mol. The minimum Gasteiger partial charge on any atom is -0.468 e. The summed E-state index contributed by atoms with van der Waals surface area (Å²) in [5, 5.41) is 3.23. The Bertz CT molecular complexity index is 456. The van der Waals surface area contributed by atoms with E-state index in [9.17, 15) is 4.39 Å². The minimum absolute atomic E-state index is 0.150. The predicted octanol–water partition coefficient (Wildman–Crippen LogP) is 3.36. The highest BCUT2D eigenvalue weighted by Gasteiger charge is 2.05. The molecule has 0 bridgehead atoms. The van der Waals surface area contributed by atoms with Gasteiger partial charge in [0.2, 0.25) is 0 Å². The number of halogens is 2. The summed E-state index contributed by atoms with van der Waals surface area (Å²) < 4.78 is 18.6. The van der Waals surface area contributed by atoms with Gasteiger partial charge in [-0.05, 0) is 18.2 Å². The molecule has 0 spiro atoms. The van der Waals surface area contributed by atoms with Crippen LogP contribution in [0.15, 0.2) is 41.0 Å². The maximum absolute atomic E-state index is 13.5. The fraction of sp³-hybridized carbons (Fsp3) is 0.167. The van der Waals surface area contributed by atoms with E-state index in [-0.39, 0.29) is 10.8 Å². The molecule has 0 atom stereocenters. The van der Waals surface area contributed by atoms with Crippen molar-refractivity contribution in [2.75, 3.05) is 0 Å². The third-order valence-electron chi connectivity index (χ3n) is 2.23. The molecule has 0 aliphatic rings. The van der Waals surface area contributed by atoms with Gasteiger partial charge in [0.25, 0.3) is 0 Å². The summed E-state index contributed by atoms with van der Waals surface area (Å²) in [7, 11) is 0. The van der Waals surface area contributed by atoms with Crippen molar-refractivity contribution in [1.82, 2.24) is 5.32 Å². The molecule has 2 nitrogen and oxygen atoms in total. The molecule has 0 aliphatic carbocycles. The van der Waals surface area contributed by atoms with E-state index in [1.807, 2.05) is 12.1 Å². The van der Waals surface area contributed by atoms with Gasteiger partial charge in [0.15, 0.2) is 0 Å². The van der Waals surface area contributed by atoms with Crippen LogP contribution in [0.4, 0.5) is 4.39 Å². The van der Waals surface area contributed by atoms with Gasteiger partial charge in [-0.25, -0.2) is 4.39 Å². The van der Waals surface area contributed by atoms with E-state index < -0.39 is 0 Å². The van der Waals surface area contributed by atoms with Crippen LogP contribution in [0.25, 0.3) is 0 Å². The Morgan fingerprint density at radius 2 is 2.06 bits per heavy atom. The number of hydrogen-bond donors (Lipinski definition) is 1. The summed E-state index contributed by atoms with van der Waals surface area (Å²) >= 11 is 5.67. The zero-order valence-corrected chi connectivity index (χ0v) is 9.30. The number of furan rings is 1. The van der Waals surface area contributed by atoms with Crippen LogP contribution < -0.4 is 5.32 Å². The van der Waals surface area contributed by atoms with E-state index in [1.54, 1.807) is 18.4 Å². The van der Waals surface area contributed by atoms with E-state index in [0.29, 0.717) is 18.7 Å². The minimum atomic E-state index is -0.365. The average molecular weight is 240 g/mol. The van der Waals surface area contributed by atoms with Gasteiger partial charge in [-0.15, -0.1) is 0 Å². The molecule has 0 saturated carbocycles. The van der Waals surface area contributed by atoms with Crippen molar-refractivity contribution in [2.24, 2.45) is 0 Å². The third-order valence-corrected chi connectivity index (χ3v) is 2.52. The molecule has 0 radical (unpaired) electrons. The first kappa shape index (κ1) is 11.2. The molecule has 0 saturated heterocycles. The maximum Gasteiger partial charge on any atom is 0.146 e. The quantitative estimate of drug-likeness (QED) is 0.885. The van der Waals surface area contributed by atoms with E-state index >= 15 is 0 Å². The lowest BCUT2D eigenvalue weighted by Crippen LogP contribution is -2.13. The Morgan fingerprint density at radius 3 is 2.81 bits per heavy atom. The van der Waals surface area contributed by atoms with Crippen molar-refractivity contribution in [3.63, 3.8) is 0 Å². The first-order chi connectivity index (χ1) is 7.77. The topological polar surface area (TPSA) is 25.2 Å². The van der Waals surface area contributed by atoms with Gasteiger partial charge in [0.1, 0.15) is 11.6 Å². The number of hydrogen-bond acceptors (Lipinski definition) is 2. The van der Waals surface area contributed by atoms with Crippen LogP contribution in [0, 0.1) is 5.82 Å². The highest BCUT2D eigenvalue weighted by atomic mass is 35.5. The summed E-state index contributed by atoms with van der Waals surface area (Å²) in [6, 6.07) is 8.65. The van der Waals surface area contributed by atoms with Crippen molar-refractivity contribution >= 4 is 11.6 Å². The van der Waals surface area contributed by atoms with Crippen molar-refractivity contribution in [1.29, 1.82) is 0 Å². The van der Waals surface area contributed by atoms with Crippen LogP contribution in [-0.2, 0) is 13.1 Å². The standard InChI is InChI=1S/C12H11ClFNO/c13-11-5-1-3-9(12(11)14)7-15-8-10-4-2-6-16-10/h1-6,15H,7-8H2. The smallest absolute Gasteiger partial charge is 0.146 e. The first-order valence-electron chi connectivity index (χ1n) is 4.93. The van der Waals surface area contributed by atoms with Crippen molar-refractivity contribution in [3.05, 3.63) is 58.8 Å². The van der Waals surface area contributed by atoms with Gasteiger partial charge in [0, 0.05) is 12.1 Å². The molecule has 0 aliphatic heterocycles. The molecule has 2 aromatic rings. The van der Waals surface area contributed by atoms with Crippen molar-refractivity contribution < 1.29 is 8.81 Å². The lowest BCUT2D eigenvalue weighted by atomic mass is 10.2. The second-order valence-electron chi connectivity index (χ2n) is 3.40. The third kappa shape index (κ3) is 2.62. The zero-order chi connectivity index (χ0) is 11.4. The Hall–Kier alpha value is -1.32. The van der Waals surface area contributed by atoms with Gasteiger partial charge in [-0.1, -0.05) is 23.7 Å². The normalized spacial score (nSPS) is 10.6. The Morgan fingerprint density at radius 1 is 1.19 bits per heavy atom. The van der Waals surface area contributed by atoms with Gasteiger partial charge >= 0.3 is 0 Å². The molecule has 2 rings (SSSR count). The SMILES string of the molecule is Fc1c(Cl)cccc1CNCc1ccco1. The molecule has 1 N–H and O–H groups in total. The Balaban J connectivity index is 1.92. The van der Waals surface area contributed by atoms with Crippen LogP contribution in [0.5, 0.6) is 0 Å². The average Bonchev–Trinajstić information content (AvgIpc) is 2.77. The lowest BCUT2D eigenvalue weighted by Gasteiger charge is -2.05. The maximum atomic E-state index is 13.5. The monoisotopic (exact) mass is 239 g/mol. The van der Waals surface area contributed by atoms with E-state index in [2.05, 4.69) is 5.32 Å². The van der Waals surface area contributed by atoms with Crippen LogP contribution in [-0.4, -0.2) is 0 Å². The van der Waals surface area contributed by atoms with Crippen LogP contribution >= 0.6 is 11.6 Å². The van der Waals surface area contributed by atoms with Gasteiger partial charge < -0.3 is 9.73 Å². The van der Waals surface area contributed by atoms with E-state index in [4.69, 9.17) is 16.0 Å². The fourth-order valence-electron chi connectivity index (χ4n) is 1.42. The molecule has 1 aromatic heterocycles. The number of nitrogens with one attached hydrogen (secondary N) is 1. The zero-order valence-electron chi connectivity index (χ0n) is 8.54. The molecule has 0 unspecified atom stereocenters. The number of rotatable bonds is 4.